The van der Waals surface area contributed by atoms with E-state index < -0.39 is 0 Å². The van der Waals surface area contributed by atoms with Gasteiger partial charge in [-0.05, 0) is 25.0 Å². The summed E-state index contributed by atoms with van der Waals surface area (Å²) < 4.78 is 4.92. The fourth-order valence-corrected chi connectivity index (χ4v) is 1.39. The highest BCUT2D eigenvalue weighted by atomic mass is 16.5. The summed E-state index contributed by atoms with van der Waals surface area (Å²) in [5.74, 6) is 0.282. The Kier molecular flexibility index (Phi) is 2.90. The van der Waals surface area contributed by atoms with Crippen molar-refractivity contribution in [2.24, 2.45) is 5.92 Å². The Morgan fingerprint density at radius 3 is 2.75 bits per heavy atom. The van der Waals surface area contributed by atoms with Gasteiger partial charge in [0.25, 0.3) is 0 Å². The van der Waals surface area contributed by atoms with E-state index in [0.29, 0.717) is 11.4 Å². The summed E-state index contributed by atoms with van der Waals surface area (Å²) in [4.78, 5) is 22.2. The molecule has 4 heteroatoms. The van der Waals surface area contributed by atoms with Gasteiger partial charge in [0.05, 0.1) is 0 Å². The number of carbonyl (C=O) groups is 2. The molecular weight excluding hydrogens is 206 g/mol. The molecule has 0 atom stereocenters. The molecule has 0 heterocycles. The van der Waals surface area contributed by atoms with Gasteiger partial charge in [-0.15, -0.1) is 0 Å². The second kappa shape index (κ2) is 4.35. The molecule has 0 saturated heterocycles. The lowest BCUT2D eigenvalue weighted by Gasteiger charge is -2.06. The van der Waals surface area contributed by atoms with Crippen LogP contribution in [0.2, 0.25) is 0 Å². The summed E-state index contributed by atoms with van der Waals surface area (Å²) in [5.41, 5.74) is 0.663. The maximum absolute atomic E-state index is 11.5. The Bertz CT molecular complexity index is 424. The van der Waals surface area contributed by atoms with Gasteiger partial charge in [0.1, 0.15) is 5.75 Å². The first-order valence-electron chi connectivity index (χ1n) is 5.24. The van der Waals surface area contributed by atoms with Crippen LogP contribution in [0.4, 0.5) is 5.69 Å². The number of hydrogen-bond acceptors (Lipinski definition) is 3. The van der Waals surface area contributed by atoms with E-state index in [2.05, 4.69) is 5.32 Å². The number of anilines is 1. The Morgan fingerprint density at radius 2 is 2.12 bits per heavy atom. The lowest BCUT2D eigenvalue weighted by atomic mass is 10.3. The molecule has 4 nitrogen and oxygen atoms in total. The number of rotatable bonds is 3. The van der Waals surface area contributed by atoms with E-state index in [0.717, 1.165) is 12.8 Å². The summed E-state index contributed by atoms with van der Waals surface area (Å²) in [6.07, 6.45) is 1.94. The van der Waals surface area contributed by atoms with E-state index in [9.17, 15) is 9.59 Å². The molecule has 1 N–H and O–H groups in total. The quantitative estimate of drug-likeness (QED) is 0.624. The fraction of sp³-hybridized carbons (Fsp3) is 0.333. The van der Waals surface area contributed by atoms with Gasteiger partial charge in [-0.25, -0.2) is 0 Å². The smallest absolute Gasteiger partial charge is 0.308 e. The van der Waals surface area contributed by atoms with Gasteiger partial charge in [-0.3, -0.25) is 9.59 Å². The fourth-order valence-electron chi connectivity index (χ4n) is 1.39. The van der Waals surface area contributed by atoms with Gasteiger partial charge in [0.15, 0.2) is 0 Å². The molecular formula is C12H13NO3. The first-order chi connectivity index (χ1) is 7.65. The van der Waals surface area contributed by atoms with Crippen molar-refractivity contribution in [2.45, 2.75) is 19.8 Å². The van der Waals surface area contributed by atoms with Gasteiger partial charge in [-0.1, -0.05) is 6.07 Å². The number of nitrogens with one attached hydrogen (secondary N) is 1. The van der Waals surface area contributed by atoms with Crippen LogP contribution in [0.1, 0.15) is 19.8 Å². The van der Waals surface area contributed by atoms with Crippen molar-refractivity contribution in [1.29, 1.82) is 0 Å². The van der Waals surface area contributed by atoms with E-state index in [4.69, 9.17) is 4.74 Å². The van der Waals surface area contributed by atoms with Crippen molar-refractivity contribution >= 4 is 17.6 Å². The molecule has 1 aliphatic rings. The van der Waals surface area contributed by atoms with Crippen molar-refractivity contribution in [2.75, 3.05) is 5.32 Å². The van der Waals surface area contributed by atoms with E-state index in [1.54, 1.807) is 24.3 Å². The van der Waals surface area contributed by atoms with Gasteiger partial charge in [0, 0.05) is 24.6 Å². The molecule has 1 aromatic rings. The molecule has 0 aliphatic heterocycles. The van der Waals surface area contributed by atoms with Crippen LogP contribution in [0.15, 0.2) is 24.3 Å². The summed E-state index contributed by atoms with van der Waals surface area (Å²) >= 11 is 0. The first-order valence-corrected chi connectivity index (χ1v) is 5.24. The van der Waals surface area contributed by atoms with Gasteiger partial charge in [-0.2, -0.15) is 0 Å². The molecule has 84 valence electrons. The van der Waals surface area contributed by atoms with Crippen molar-refractivity contribution in [3.05, 3.63) is 24.3 Å². The van der Waals surface area contributed by atoms with Crippen LogP contribution in [-0.4, -0.2) is 11.9 Å². The highest BCUT2D eigenvalue weighted by molar-refractivity contribution is 5.94. The number of hydrogen-bond donors (Lipinski definition) is 1. The zero-order chi connectivity index (χ0) is 11.5. The number of benzene rings is 1. The van der Waals surface area contributed by atoms with Crippen molar-refractivity contribution in [3.63, 3.8) is 0 Å². The molecule has 0 radical (unpaired) electrons. The first kappa shape index (κ1) is 10.7. The highest BCUT2D eigenvalue weighted by Crippen LogP contribution is 2.30. The summed E-state index contributed by atoms with van der Waals surface area (Å²) in [7, 11) is 0. The maximum atomic E-state index is 11.5. The lowest BCUT2D eigenvalue weighted by molar-refractivity contribution is -0.131. The van der Waals surface area contributed by atoms with Crippen LogP contribution >= 0.6 is 0 Å². The van der Waals surface area contributed by atoms with Crippen LogP contribution in [0, 0.1) is 5.92 Å². The minimum atomic E-state index is -0.370. The molecule has 0 aromatic heterocycles. The molecule has 0 bridgehead atoms. The lowest BCUT2D eigenvalue weighted by Crippen LogP contribution is -2.13. The normalized spacial score (nSPS) is 14.3. The highest BCUT2D eigenvalue weighted by Gasteiger charge is 2.29. The number of esters is 1. The monoisotopic (exact) mass is 219 g/mol. The predicted molar refractivity (Wildman–Crippen MR) is 59.1 cm³/mol. The van der Waals surface area contributed by atoms with Crippen molar-refractivity contribution in [1.82, 2.24) is 0 Å². The average Bonchev–Trinajstić information content (AvgIpc) is 2.99. The van der Waals surface area contributed by atoms with Crippen LogP contribution in [-0.2, 0) is 9.59 Å². The zero-order valence-corrected chi connectivity index (χ0v) is 9.03. The third-order valence-corrected chi connectivity index (χ3v) is 2.31. The molecule has 0 spiro atoms. The van der Waals surface area contributed by atoms with Crippen LogP contribution in [0.3, 0.4) is 0 Å². The second-order valence-corrected chi connectivity index (χ2v) is 3.88. The molecule has 1 saturated carbocycles. The third-order valence-electron chi connectivity index (χ3n) is 2.31. The van der Waals surface area contributed by atoms with E-state index in [1.165, 1.54) is 6.92 Å². The van der Waals surface area contributed by atoms with Gasteiger partial charge in [0.2, 0.25) is 5.91 Å². The summed E-state index contributed by atoms with van der Waals surface area (Å²) in [6.45, 7) is 1.34. The number of amides is 1. The predicted octanol–water partition coefficient (Wildman–Crippen LogP) is 1.96. The molecule has 0 unspecified atom stereocenters. The zero-order valence-electron chi connectivity index (χ0n) is 9.03. The van der Waals surface area contributed by atoms with Gasteiger partial charge >= 0.3 is 5.97 Å². The second-order valence-electron chi connectivity index (χ2n) is 3.88. The van der Waals surface area contributed by atoms with Gasteiger partial charge < -0.3 is 10.1 Å². The Hall–Kier alpha value is -1.84. The SMILES string of the molecule is CC(=O)Oc1cccc(NC(=O)C2CC2)c1. The minimum absolute atomic E-state index is 0.0416. The molecule has 16 heavy (non-hydrogen) atoms. The van der Waals surface area contributed by atoms with Crippen molar-refractivity contribution < 1.29 is 14.3 Å². The molecule has 2 rings (SSSR count). The largest absolute Gasteiger partial charge is 0.427 e. The standard InChI is InChI=1S/C12H13NO3/c1-8(14)16-11-4-2-3-10(7-11)13-12(15)9-5-6-9/h2-4,7,9H,5-6H2,1H3,(H,13,15). The van der Waals surface area contributed by atoms with E-state index in [-0.39, 0.29) is 17.8 Å². The van der Waals surface area contributed by atoms with Crippen LogP contribution in [0.25, 0.3) is 0 Å². The number of ether oxygens (including phenoxy) is 1. The Balaban J connectivity index is 2.03. The molecule has 1 fully saturated rings. The topological polar surface area (TPSA) is 55.4 Å². The number of carbonyl (C=O) groups excluding carboxylic acids is 2. The maximum Gasteiger partial charge on any atom is 0.308 e. The molecule has 1 aromatic carbocycles. The minimum Gasteiger partial charge on any atom is -0.427 e. The summed E-state index contributed by atoms with van der Waals surface area (Å²) in [5, 5.41) is 2.79. The molecule has 1 aliphatic carbocycles. The Morgan fingerprint density at radius 1 is 1.38 bits per heavy atom. The third kappa shape index (κ3) is 2.82. The Labute approximate surface area is 93.6 Å². The average molecular weight is 219 g/mol. The van der Waals surface area contributed by atoms with Crippen LogP contribution < -0.4 is 10.1 Å². The van der Waals surface area contributed by atoms with Crippen LogP contribution in [0.5, 0.6) is 5.75 Å². The van der Waals surface area contributed by atoms with E-state index in [1.807, 2.05) is 0 Å². The van der Waals surface area contributed by atoms with Crippen molar-refractivity contribution in [3.8, 4) is 5.75 Å². The van der Waals surface area contributed by atoms with E-state index >= 15 is 0 Å². The summed E-state index contributed by atoms with van der Waals surface area (Å²) in [6, 6.07) is 6.82. The molecule has 1 amide bonds.